The summed E-state index contributed by atoms with van der Waals surface area (Å²) in [5, 5.41) is 17.5. The van der Waals surface area contributed by atoms with E-state index in [2.05, 4.69) is 0 Å². The first kappa shape index (κ1) is 9.27. The molecular formula is C6H14O2S. The van der Waals surface area contributed by atoms with Crippen LogP contribution in [0.3, 0.4) is 0 Å². The summed E-state index contributed by atoms with van der Waals surface area (Å²) in [6.45, 7) is 3.72. The molecule has 0 rings (SSSR count). The predicted octanol–water partition coefficient (Wildman–Crippen LogP) is 0.483. The minimum atomic E-state index is -0.597. The summed E-state index contributed by atoms with van der Waals surface area (Å²) < 4.78 is 0. The van der Waals surface area contributed by atoms with E-state index in [9.17, 15) is 0 Å². The molecule has 0 saturated carbocycles. The van der Waals surface area contributed by atoms with Gasteiger partial charge < -0.3 is 10.2 Å². The standard InChI is InChI=1S/C6H14O2S/c1-6(2,8)5-9-4-3-7/h7-8H,3-5H2,1-2H3. The van der Waals surface area contributed by atoms with Crippen molar-refractivity contribution in [2.75, 3.05) is 18.1 Å². The molecule has 9 heavy (non-hydrogen) atoms. The van der Waals surface area contributed by atoms with Crippen LogP contribution < -0.4 is 0 Å². The molecule has 0 aromatic rings. The van der Waals surface area contributed by atoms with Crippen molar-refractivity contribution in [3.63, 3.8) is 0 Å². The zero-order chi connectivity index (χ0) is 7.33. The van der Waals surface area contributed by atoms with E-state index >= 15 is 0 Å². The van der Waals surface area contributed by atoms with Gasteiger partial charge in [0.2, 0.25) is 0 Å². The predicted molar refractivity (Wildman–Crippen MR) is 40.7 cm³/mol. The average Bonchev–Trinajstić information content (AvgIpc) is 1.63. The Labute approximate surface area is 60.3 Å². The number of rotatable bonds is 4. The van der Waals surface area contributed by atoms with Gasteiger partial charge in [0, 0.05) is 11.5 Å². The Kier molecular flexibility index (Phi) is 4.27. The van der Waals surface area contributed by atoms with Crippen LogP contribution in [-0.2, 0) is 0 Å². The molecule has 0 radical (unpaired) electrons. The summed E-state index contributed by atoms with van der Waals surface area (Å²) in [6.07, 6.45) is 0. The fraction of sp³-hybridized carbons (Fsp3) is 1.00. The SMILES string of the molecule is CC(C)(O)CSCCO. The lowest BCUT2D eigenvalue weighted by Gasteiger charge is -2.15. The average molecular weight is 150 g/mol. The zero-order valence-electron chi connectivity index (χ0n) is 5.92. The summed E-state index contributed by atoms with van der Waals surface area (Å²) >= 11 is 1.56. The van der Waals surface area contributed by atoms with Gasteiger partial charge in [-0.15, -0.1) is 0 Å². The summed E-state index contributed by atoms with van der Waals surface area (Å²) in [6, 6.07) is 0. The van der Waals surface area contributed by atoms with Crippen LogP contribution in [0.25, 0.3) is 0 Å². The van der Waals surface area contributed by atoms with Crippen LogP contribution in [-0.4, -0.2) is 33.9 Å². The van der Waals surface area contributed by atoms with Gasteiger partial charge in [-0.3, -0.25) is 0 Å². The van der Waals surface area contributed by atoms with Gasteiger partial charge in [0.05, 0.1) is 12.2 Å². The van der Waals surface area contributed by atoms with Crippen LogP contribution in [0.4, 0.5) is 0 Å². The van der Waals surface area contributed by atoms with E-state index < -0.39 is 5.60 Å². The van der Waals surface area contributed by atoms with Crippen LogP contribution in [0.1, 0.15) is 13.8 Å². The maximum Gasteiger partial charge on any atom is 0.0681 e. The Hall–Kier alpha value is 0.270. The molecule has 2 N–H and O–H groups in total. The van der Waals surface area contributed by atoms with Crippen LogP contribution in [0.5, 0.6) is 0 Å². The number of thioether (sulfide) groups is 1. The Morgan fingerprint density at radius 1 is 1.44 bits per heavy atom. The molecule has 0 bridgehead atoms. The summed E-state index contributed by atoms with van der Waals surface area (Å²) in [7, 11) is 0. The lowest BCUT2D eigenvalue weighted by molar-refractivity contribution is 0.107. The van der Waals surface area contributed by atoms with E-state index in [1.807, 2.05) is 0 Å². The van der Waals surface area contributed by atoms with Crippen molar-refractivity contribution in [1.82, 2.24) is 0 Å². The second-order valence-electron chi connectivity index (χ2n) is 2.59. The number of aliphatic hydroxyl groups is 2. The van der Waals surface area contributed by atoms with Crippen molar-refractivity contribution in [2.24, 2.45) is 0 Å². The van der Waals surface area contributed by atoms with E-state index in [1.165, 1.54) is 0 Å². The largest absolute Gasteiger partial charge is 0.396 e. The van der Waals surface area contributed by atoms with E-state index in [0.717, 1.165) is 0 Å². The maximum absolute atomic E-state index is 9.14. The van der Waals surface area contributed by atoms with Crippen LogP contribution in [0, 0.1) is 0 Å². The fourth-order valence-corrected chi connectivity index (χ4v) is 1.16. The van der Waals surface area contributed by atoms with Crippen molar-refractivity contribution in [3.8, 4) is 0 Å². The first-order valence-electron chi connectivity index (χ1n) is 2.97. The van der Waals surface area contributed by atoms with Gasteiger partial charge in [0.1, 0.15) is 0 Å². The molecule has 0 unspecified atom stereocenters. The quantitative estimate of drug-likeness (QED) is 0.573. The molecule has 0 aliphatic carbocycles. The van der Waals surface area contributed by atoms with Gasteiger partial charge in [0.25, 0.3) is 0 Å². The van der Waals surface area contributed by atoms with Crippen LogP contribution in [0.2, 0.25) is 0 Å². The second kappa shape index (κ2) is 4.14. The molecular weight excluding hydrogens is 136 g/mol. The molecule has 3 heteroatoms. The normalized spacial score (nSPS) is 12.0. The first-order chi connectivity index (χ1) is 4.06. The summed E-state index contributed by atoms with van der Waals surface area (Å²) in [5.41, 5.74) is -0.597. The molecule has 0 aliphatic heterocycles. The van der Waals surface area contributed by atoms with Crippen molar-refractivity contribution < 1.29 is 10.2 Å². The van der Waals surface area contributed by atoms with Gasteiger partial charge in [-0.2, -0.15) is 11.8 Å². The van der Waals surface area contributed by atoms with Crippen LogP contribution in [0.15, 0.2) is 0 Å². The highest BCUT2D eigenvalue weighted by atomic mass is 32.2. The third-order valence-corrected chi connectivity index (χ3v) is 2.07. The molecule has 0 aromatic carbocycles. The monoisotopic (exact) mass is 150 g/mol. The van der Waals surface area contributed by atoms with E-state index in [-0.39, 0.29) is 6.61 Å². The third-order valence-electron chi connectivity index (χ3n) is 0.691. The smallest absolute Gasteiger partial charge is 0.0681 e. The lowest BCUT2D eigenvalue weighted by atomic mass is 10.2. The number of aliphatic hydroxyl groups excluding tert-OH is 1. The molecule has 2 nitrogen and oxygen atoms in total. The van der Waals surface area contributed by atoms with E-state index in [1.54, 1.807) is 25.6 Å². The molecule has 0 aromatic heterocycles. The van der Waals surface area contributed by atoms with Gasteiger partial charge in [-0.1, -0.05) is 0 Å². The molecule has 0 aliphatic rings. The molecule has 0 fully saturated rings. The maximum atomic E-state index is 9.14. The van der Waals surface area contributed by atoms with Crippen molar-refractivity contribution in [2.45, 2.75) is 19.4 Å². The van der Waals surface area contributed by atoms with Gasteiger partial charge >= 0.3 is 0 Å². The molecule has 0 spiro atoms. The van der Waals surface area contributed by atoms with Crippen molar-refractivity contribution in [3.05, 3.63) is 0 Å². The lowest BCUT2D eigenvalue weighted by Crippen LogP contribution is -2.22. The Balaban J connectivity index is 3.07. The first-order valence-corrected chi connectivity index (χ1v) is 4.13. The third kappa shape index (κ3) is 8.27. The second-order valence-corrected chi connectivity index (χ2v) is 3.69. The summed E-state index contributed by atoms with van der Waals surface area (Å²) in [4.78, 5) is 0. The molecule has 0 atom stereocenters. The number of hydrogen-bond donors (Lipinski definition) is 2. The molecule has 56 valence electrons. The minimum Gasteiger partial charge on any atom is -0.396 e. The highest BCUT2D eigenvalue weighted by Crippen LogP contribution is 2.10. The summed E-state index contributed by atoms with van der Waals surface area (Å²) in [5.74, 6) is 1.40. The Bertz CT molecular complexity index is 67.9. The highest BCUT2D eigenvalue weighted by molar-refractivity contribution is 7.99. The fourth-order valence-electron chi connectivity index (χ4n) is 0.386. The zero-order valence-corrected chi connectivity index (χ0v) is 6.74. The topological polar surface area (TPSA) is 40.5 Å². The number of hydrogen-bond acceptors (Lipinski definition) is 3. The highest BCUT2D eigenvalue weighted by Gasteiger charge is 2.10. The Morgan fingerprint density at radius 2 is 2.00 bits per heavy atom. The molecule has 0 amide bonds. The van der Waals surface area contributed by atoms with Crippen molar-refractivity contribution >= 4 is 11.8 Å². The minimum absolute atomic E-state index is 0.195. The van der Waals surface area contributed by atoms with E-state index in [4.69, 9.17) is 10.2 Å². The molecule has 0 saturated heterocycles. The Morgan fingerprint density at radius 3 is 2.33 bits per heavy atom. The van der Waals surface area contributed by atoms with Crippen LogP contribution >= 0.6 is 11.8 Å². The molecule has 0 heterocycles. The van der Waals surface area contributed by atoms with E-state index in [0.29, 0.717) is 11.5 Å². The van der Waals surface area contributed by atoms with Gasteiger partial charge in [-0.05, 0) is 13.8 Å². The van der Waals surface area contributed by atoms with Gasteiger partial charge in [0.15, 0.2) is 0 Å². The van der Waals surface area contributed by atoms with Gasteiger partial charge in [-0.25, -0.2) is 0 Å². The van der Waals surface area contributed by atoms with Crippen molar-refractivity contribution in [1.29, 1.82) is 0 Å².